The molecule has 1 N–H and O–H groups in total. The number of unbranched alkanes of at least 4 members (excludes halogenated alkanes) is 9. The molecule has 0 aromatic rings. The molecular formula is C17H35NaO4S. The predicted octanol–water partition coefficient (Wildman–Crippen LogP) is 1.38. The van der Waals surface area contributed by atoms with Crippen molar-refractivity contribution >= 4 is 10.1 Å². The van der Waals surface area contributed by atoms with Crippen molar-refractivity contribution in [1.29, 1.82) is 0 Å². The summed E-state index contributed by atoms with van der Waals surface area (Å²) in [5.41, 5.74) is 0. The Labute approximate surface area is 165 Å². The van der Waals surface area contributed by atoms with Crippen molar-refractivity contribution in [1.82, 2.24) is 0 Å². The molecule has 0 fully saturated rings. The average Bonchev–Trinajstić information content (AvgIpc) is 2.45. The molecule has 0 aliphatic rings. The fourth-order valence-electron chi connectivity index (χ4n) is 2.58. The van der Waals surface area contributed by atoms with E-state index in [9.17, 15) is 18.1 Å². The van der Waals surface area contributed by atoms with E-state index in [1.54, 1.807) is 0 Å². The maximum atomic E-state index is 10.8. The third kappa shape index (κ3) is 17.5. The van der Waals surface area contributed by atoms with E-state index >= 15 is 0 Å². The van der Waals surface area contributed by atoms with E-state index in [2.05, 4.69) is 6.92 Å². The fraction of sp³-hybridized carbons (Fsp3) is 1.00. The van der Waals surface area contributed by atoms with Gasteiger partial charge in [-0.3, -0.25) is 0 Å². The van der Waals surface area contributed by atoms with E-state index in [4.69, 9.17) is 0 Å². The molecule has 0 bridgehead atoms. The molecule has 0 aliphatic heterocycles. The zero-order chi connectivity index (χ0) is 16.8. The first-order valence-corrected chi connectivity index (χ1v) is 10.5. The van der Waals surface area contributed by atoms with Crippen LogP contribution < -0.4 is 29.6 Å². The van der Waals surface area contributed by atoms with Crippen LogP contribution in [0.5, 0.6) is 0 Å². The molecule has 0 amide bonds. The zero-order valence-electron chi connectivity index (χ0n) is 15.4. The molecule has 0 saturated heterocycles. The topological polar surface area (TPSA) is 77.4 Å². The van der Waals surface area contributed by atoms with Crippen LogP contribution in [0.2, 0.25) is 0 Å². The molecule has 0 saturated carbocycles. The van der Waals surface area contributed by atoms with Gasteiger partial charge in [0.1, 0.15) is 0 Å². The van der Waals surface area contributed by atoms with Gasteiger partial charge in [0.15, 0.2) is 0 Å². The second-order valence-electron chi connectivity index (χ2n) is 6.51. The van der Waals surface area contributed by atoms with Gasteiger partial charge in [-0.1, -0.05) is 71.1 Å². The Bertz CT molecular complexity index is 347. The minimum absolute atomic E-state index is 0. The Hall–Kier alpha value is 0.870. The van der Waals surface area contributed by atoms with Gasteiger partial charge in [0.2, 0.25) is 0 Å². The van der Waals surface area contributed by atoms with Gasteiger partial charge in [-0.15, -0.1) is 0 Å². The summed E-state index contributed by atoms with van der Waals surface area (Å²) in [6.07, 6.45) is 13.5. The second-order valence-corrected chi connectivity index (χ2v) is 8.30. The molecular weight excluding hydrogens is 323 g/mol. The van der Waals surface area contributed by atoms with E-state index < -0.39 is 21.5 Å². The van der Waals surface area contributed by atoms with Crippen LogP contribution in [-0.2, 0) is 10.1 Å². The summed E-state index contributed by atoms with van der Waals surface area (Å²) in [6, 6.07) is 0. The standard InChI is InChI=1S/C17H36O4S.Na/c1-3-4-5-6-7-8-9-10-11-12-13-17(18)15-14-16(2)22(19,20)21;/h16-18H,3-15H2,1-2H3,(H,19,20,21);/q;+1/p-1. The smallest absolute Gasteiger partial charge is 0.748 e. The summed E-state index contributed by atoms with van der Waals surface area (Å²) < 4.78 is 32.3. The molecule has 2 unspecified atom stereocenters. The van der Waals surface area contributed by atoms with E-state index in [1.165, 1.54) is 58.3 Å². The zero-order valence-corrected chi connectivity index (χ0v) is 18.2. The molecule has 0 heterocycles. The summed E-state index contributed by atoms with van der Waals surface area (Å²) in [6.45, 7) is 3.64. The summed E-state index contributed by atoms with van der Waals surface area (Å²) >= 11 is 0. The molecule has 0 spiro atoms. The quantitative estimate of drug-likeness (QED) is 0.272. The number of aliphatic hydroxyl groups is 1. The SMILES string of the molecule is CCCCCCCCCCCCC(O)CCC(C)S(=O)(=O)[O-].[Na+]. The van der Waals surface area contributed by atoms with Gasteiger partial charge in [-0.05, 0) is 26.2 Å². The molecule has 0 radical (unpaired) electrons. The Morgan fingerprint density at radius 2 is 1.26 bits per heavy atom. The third-order valence-electron chi connectivity index (χ3n) is 4.29. The van der Waals surface area contributed by atoms with Gasteiger partial charge >= 0.3 is 29.6 Å². The Morgan fingerprint density at radius 1 is 0.826 bits per heavy atom. The minimum Gasteiger partial charge on any atom is -0.748 e. The summed E-state index contributed by atoms with van der Waals surface area (Å²) in [4.78, 5) is 0. The Morgan fingerprint density at radius 3 is 1.70 bits per heavy atom. The number of hydrogen-bond acceptors (Lipinski definition) is 4. The third-order valence-corrected chi connectivity index (χ3v) is 5.51. The first-order chi connectivity index (χ1) is 10.4. The predicted molar refractivity (Wildman–Crippen MR) is 90.9 cm³/mol. The van der Waals surface area contributed by atoms with Crippen LogP contribution in [0.25, 0.3) is 0 Å². The van der Waals surface area contributed by atoms with Crippen LogP contribution in [-0.4, -0.2) is 29.4 Å². The van der Waals surface area contributed by atoms with Crippen molar-refractivity contribution in [2.24, 2.45) is 0 Å². The van der Waals surface area contributed by atoms with Gasteiger partial charge in [0.05, 0.1) is 16.2 Å². The molecule has 0 aromatic carbocycles. The molecule has 0 aliphatic carbocycles. The average molecular weight is 359 g/mol. The van der Waals surface area contributed by atoms with Crippen molar-refractivity contribution in [3.8, 4) is 0 Å². The largest absolute Gasteiger partial charge is 1.00 e. The van der Waals surface area contributed by atoms with Crippen LogP contribution in [0.3, 0.4) is 0 Å². The van der Waals surface area contributed by atoms with Crippen molar-refractivity contribution in [3.63, 3.8) is 0 Å². The molecule has 0 aromatic heterocycles. The Balaban J connectivity index is 0. The van der Waals surface area contributed by atoms with E-state index in [1.807, 2.05) is 0 Å². The Kier molecular flexibility index (Phi) is 18.5. The molecule has 6 heteroatoms. The molecule has 2 atom stereocenters. The van der Waals surface area contributed by atoms with Crippen LogP contribution in [0, 0.1) is 0 Å². The molecule has 23 heavy (non-hydrogen) atoms. The minimum atomic E-state index is -4.20. The van der Waals surface area contributed by atoms with Gasteiger partial charge in [0.25, 0.3) is 0 Å². The summed E-state index contributed by atoms with van der Waals surface area (Å²) in [5, 5.41) is 8.90. The molecule has 0 rings (SSSR count). The van der Waals surface area contributed by atoms with Gasteiger partial charge < -0.3 is 9.66 Å². The van der Waals surface area contributed by atoms with Gasteiger partial charge in [-0.25, -0.2) is 8.42 Å². The first kappa shape index (κ1) is 26.1. The van der Waals surface area contributed by atoms with Crippen LogP contribution in [0.4, 0.5) is 0 Å². The summed E-state index contributed by atoms with van der Waals surface area (Å²) in [7, 11) is -4.20. The van der Waals surface area contributed by atoms with Gasteiger partial charge in [-0.2, -0.15) is 0 Å². The second kappa shape index (κ2) is 16.3. The number of aliphatic hydroxyl groups excluding tert-OH is 1. The fourth-order valence-corrected chi connectivity index (χ4v) is 3.01. The van der Waals surface area contributed by atoms with Crippen LogP contribution in [0.15, 0.2) is 0 Å². The molecule has 134 valence electrons. The maximum Gasteiger partial charge on any atom is 1.00 e. The van der Waals surface area contributed by atoms with E-state index in [0.29, 0.717) is 12.8 Å². The first-order valence-electron chi connectivity index (χ1n) is 9.00. The molecule has 4 nitrogen and oxygen atoms in total. The van der Waals surface area contributed by atoms with Crippen LogP contribution in [0.1, 0.15) is 97.3 Å². The summed E-state index contributed by atoms with van der Waals surface area (Å²) in [5.74, 6) is 0. The number of hydrogen-bond donors (Lipinski definition) is 1. The monoisotopic (exact) mass is 358 g/mol. The van der Waals surface area contributed by atoms with Crippen molar-refractivity contribution in [3.05, 3.63) is 0 Å². The van der Waals surface area contributed by atoms with E-state index in [-0.39, 0.29) is 36.0 Å². The number of rotatable bonds is 15. The normalized spacial score (nSPS) is 14.3. The van der Waals surface area contributed by atoms with Gasteiger partial charge in [0, 0.05) is 5.25 Å². The van der Waals surface area contributed by atoms with Crippen molar-refractivity contribution < 1.29 is 47.6 Å². The maximum absolute atomic E-state index is 10.8. The van der Waals surface area contributed by atoms with Crippen molar-refractivity contribution in [2.75, 3.05) is 0 Å². The van der Waals surface area contributed by atoms with Crippen LogP contribution >= 0.6 is 0 Å². The van der Waals surface area contributed by atoms with E-state index in [0.717, 1.165) is 12.8 Å². The van der Waals surface area contributed by atoms with Crippen molar-refractivity contribution in [2.45, 2.75) is 109 Å².